The van der Waals surface area contributed by atoms with E-state index in [9.17, 15) is 13.2 Å². The molecule has 9 heteroatoms. The second-order valence-electron chi connectivity index (χ2n) is 7.47. The Morgan fingerprint density at radius 2 is 1.90 bits per heavy atom. The maximum atomic E-state index is 12.7. The molecule has 0 aromatic heterocycles. The standard InChI is InChI=1S/C22H27ClN4O3S/c1-16(17-9-11-18(23)12-10-17)25-15-22(28)26-19-6-5-7-20(14-19)31(29,30)27-21-8-3-2-4-13-24-21/h5-7,9-12,14,16,25H,2-4,8,13,15H2,1H3,(H,24,27)(H,26,28)/t16-/m0/s1. The Balaban J connectivity index is 1.58. The molecule has 0 radical (unpaired) electrons. The van der Waals surface area contributed by atoms with Crippen LogP contribution in [0.4, 0.5) is 5.69 Å². The Kier molecular flexibility index (Phi) is 8.06. The third kappa shape index (κ3) is 7.05. The first kappa shape index (κ1) is 23.2. The lowest BCUT2D eigenvalue weighted by atomic mass is 10.1. The lowest BCUT2D eigenvalue weighted by molar-refractivity contribution is -0.115. The third-order valence-electron chi connectivity index (χ3n) is 4.99. The summed E-state index contributed by atoms with van der Waals surface area (Å²) in [6.07, 6.45) is 3.55. The number of anilines is 1. The molecule has 7 nitrogen and oxygen atoms in total. The van der Waals surface area contributed by atoms with Gasteiger partial charge in [0.2, 0.25) is 5.91 Å². The zero-order valence-corrected chi connectivity index (χ0v) is 19.0. The number of carbonyl (C=O) groups is 1. The Bertz CT molecular complexity index is 1040. The van der Waals surface area contributed by atoms with E-state index in [0.29, 0.717) is 29.5 Å². The van der Waals surface area contributed by atoms with Gasteiger partial charge in [-0.15, -0.1) is 0 Å². The van der Waals surface area contributed by atoms with Gasteiger partial charge in [-0.3, -0.25) is 14.5 Å². The normalized spacial score (nSPS) is 15.5. The molecular formula is C22H27ClN4O3S. The van der Waals surface area contributed by atoms with E-state index in [4.69, 9.17) is 11.6 Å². The Morgan fingerprint density at radius 3 is 2.68 bits per heavy atom. The molecular weight excluding hydrogens is 436 g/mol. The quantitative estimate of drug-likeness (QED) is 0.581. The van der Waals surface area contributed by atoms with Crippen molar-refractivity contribution in [3.8, 4) is 0 Å². The van der Waals surface area contributed by atoms with Crippen molar-refractivity contribution in [2.75, 3.05) is 18.4 Å². The van der Waals surface area contributed by atoms with E-state index < -0.39 is 10.0 Å². The van der Waals surface area contributed by atoms with Gasteiger partial charge in [0.1, 0.15) is 5.84 Å². The number of benzene rings is 2. The number of sulfonamides is 1. The van der Waals surface area contributed by atoms with Crippen molar-refractivity contribution in [3.63, 3.8) is 0 Å². The summed E-state index contributed by atoms with van der Waals surface area (Å²) in [5, 5.41) is 6.54. The van der Waals surface area contributed by atoms with Gasteiger partial charge in [0.15, 0.2) is 0 Å². The summed E-state index contributed by atoms with van der Waals surface area (Å²) >= 11 is 5.90. The fraction of sp³-hybridized carbons (Fsp3) is 0.364. The zero-order valence-electron chi connectivity index (χ0n) is 17.4. The van der Waals surface area contributed by atoms with E-state index in [1.54, 1.807) is 24.3 Å². The topological polar surface area (TPSA) is 99.7 Å². The second kappa shape index (κ2) is 10.7. The van der Waals surface area contributed by atoms with Crippen molar-refractivity contribution >= 4 is 39.1 Å². The van der Waals surface area contributed by atoms with Crippen LogP contribution in [0.15, 0.2) is 58.4 Å². The minimum Gasteiger partial charge on any atom is -0.325 e. The van der Waals surface area contributed by atoms with Gasteiger partial charge in [-0.05, 0) is 55.7 Å². The van der Waals surface area contributed by atoms with Crippen molar-refractivity contribution in [1.29, 1.82) is 0 Å². The van der Waals surface area contributed by atoms with Crippen LogP contribution in [0.2, 0.25) is 5.02 Å². The van der Waals surface area contributed by atoms with Crippen LogP contribution in [0.5, 0.6) is 0 Å². The molecule has 3 rings (SSSR count). The van der Waals surface area contributed by atoms with E-state index in [0.717, 1.165) is 24.8 Å². The predicted molar refractivity (Wildman–Crippen MR) is 124 cm³/mol. The minimum absolute atomic E-state index is 0.0423. The van der Waals surface area contributed by atoms with E-state index in [1.165, 1.54) is 12.1 Å². The van der Waals surface area contributed by atoms with Gasteiger partial charge in [-0.25, -0.2) is 8.42 Å². The molecule has 1 aliphatic rings. The molecule has 0 unspecified atom stereocenters. The number of carbonyl (C=O) groups excluding carboxylic acids is 1. The Morgan fingerprint density at radius 1 is 1.13 bits per heavy atom. The number of nitrogens with zero attached hydrogens (tertiary/aromatic N) is 1. The number of hydrogen-bond acceptors (Lipinski definition) is 5. The first-order valence-electron chi connectivity index (χ1n) is 10.3. The van der Waals surface area contributed by atoms with Crippen molar-refractivity contribution in [2.45, 2.75) is 43.5 Å². The largest absolute Gasteiger partial charge is 0.325 e. The molecule has 1 amide bonds. The average Bonchev–Trinajstić information content (AvgIpc) is 3.01. The molecule has 166 valence electrons. The van der Waals surface area contributed by atoms with Gasteiger partial charge in [-0.1, -0.05) is 36.2 Å². The molecule has 0 spiro atoms. The fourth-order valence-corrected chi connectivity index (χ4v) is 4.49. The molecule has 1 heterocycles. The predicted octanol–water partition coefficient (Wildman–Crippen LogP) is 3.88. The van der Waals surface area contributed by atoms with Crippen LogP contribution < -0.4 is 15.4 Å². The van der Waals surface area contributed by atoms with Gasteiger partial charge in [0.25, 0.3) is 10.0 Å². The number of rotatable bonds is 7. The number of nitrogens with one attached hydrogen (secondary N) is 3. The van der Waals surface area contributed by atoms with Crippen LogP contribution in [-0.4, -0.2) is 33.3 Å². The van der Waals surface area contributed by atoms with E-state index in [-0.39, 0.29) is 23.4 Å². The van der Waals surface area contributed by atoms with Gasteiger partial charge in [0.05, 0.1) is 11.4 Å². The molecule has 0 bridgehead atoms. The van der Waals surface area contributed by atoms with E-state index in [1.807, 2.05) is 19.1 Å². The summed E-state index contributed by atoms with van der Waals surface area (Å²) in [5.74, 6) is 0.226. The molecule has 2 aromatic carbocycles. The second-order valence-corrected chi connectivity index (χ2v) is 9.59. The van der Waals surface area contributed by atoms with Crippen molar-refractivity contribution in [3.05, 3.63) is 59.1 Å². The molecule has 31 heavy (non-hydrogen) atoms. The summed E-state index contributed by atoms with van der Waals surface area (Å²) in [6, 6.07) is 13.6. The van der Waals surface area contributed by atoms with Crippen LogP contribution in [-0.2, 0) is 14.8 Å². The highest BCUT2D eigenvalue weighted by Crippen LogP contribution is 2.18. The molecule has 0 saturated carbocycles. The van der Waals surface area contributed by atoms with Gasteiger partial charge >= 0.3 is 0 Å². The van der Waals surface area contributed by atoms with E-state index in [2.05, 4.69) is 20.3 Å². The maximum Gasteiger partial charge on any atom is 0.262 e. The van der Waals surface area contributed by atoms with Crippen molar-refractivity contribution in [2.24, 2.45) is 4.99 Å². The number of amides is 1. The summed E-state index contributed by atoms with van der Waals surface area (Å²) in [7, 11) is -3.76. The lowest BCUT2D eigenvalue weighted by Crippen LogP contribution is -2.31. The highest BCUT2D eigenvalue weighted by atomic mass is 35.5. The summed E-state index contributed by atoms with van der Waals surface area (Å²) < 4.78 is 28.0. The van der Waals surface area contributed by atoms with E-state index >= 15 is 0 Å². The summed E-state index contributed by atoms with van der Waals surface area (Å²) in [5.41, 5.74) is 1.43. The first-order valence-corrected chi connectivity index (χ1v) is 12.1. The number of aliphatic imine (C=N–C) groups is 1. The minimum atomic E-state index is -3.76. The zero-order chi connectivity index (χ0) is 22.3. The highest BCUT2D eigenvalue weighted by molar-refractivity contribution is 7.90. The number of amidine groups is 1. The average molecular weight is 463 g/mol. The number of halogens is 1. The Labute approximate surface area is 188 Å². The van der Waals surface area contributed by atoms with Gasteiger partial charge in [-0.2, -0.15) is 0 Å². The SMILES string of the molecule is C[C@H](NCC(=O)Nc1cccc(S(=O)(=O)NC2=NCCCCC2)c1)c1ccc(Cl)cc1. The Hall–Kier alpha value is -2.42. The molecule has 0 fully saturated rings. The smallest absolute Gasteiger partial charge is 0.262 e. The molecule has 0 saturated heterocycles. The van der Waals surface area contributed by atoms with Gasteiger partial charge in [0, 0.05) is 29.7 Å². The van der Waals surface area contributed by atoms with Crippen LogP contribution in [0.1, 0.15) is 44.2 Å². The molecule has 1 atom stereocenters. The maximum absolute atomic E-state index is 12.7. The molecule has 3 N–H and O–H groups in total. The lowest BCUT2D eigenvalue weighted by Gasteiger charge is -2.15. The fourth-order valence-electron chi connectivity index (χ4n) is 3.23. The van der Waals surface area contributed by atoms with Crippen LogP contribution in [0.25, 0.3) is 0 Å². The highest BCUT2D eigenvalue weighted by Gasteiger charge is 2.18. The molecule has 0 aliphatic carbocycles. The first-order chi connectivity index (χ1) is 14.8. The molecule has 1 aliphatic heterocycles. The summed E-state index contributed by atoms with van der Waals surface area (Å²) in [6.45, 7) is 2.66. The van der Waals surface area contributed by atoms with Crippen LogP contribution in [0, 0.1) is 0 Å². The van der Waals surface area contributed by atoms with Crippen molar-refractivity contribution in [1.82, 2.24) is 10.0 Å². The van der Waals surface area contributed by atoms with Crippen molar-refractivity contribution < 1.29 is 13.2 Å². The van der Waals surface area contributed by atoms with Crippen LogP contribution in [0.3, 0.4) is 0 Å². The monoisotopic (exact) mass is 462 g/mol. The summed E-state index contributed by atoms with van der Waals surface area (Å²) in [4.78, 5) is 16.7. The molecule has 2 aromatic rings. The van der Waals surface area contributed by atoms with Gasteiger partial charge < -0.3 is 10.6 Å². The third-order valence-corrected chi connectivity index (χ3v) is 6.62. The number of hydrogen-bond donors (Lipinski definition) is 3. The van der Waals surface area contributed by atoms with Crippen LogP contribution >= 0.6 is 11.6 Å².